The van der Waals surface area contributed by atoms with Gasteiger partial charge in [-0.15, -0.1) is 0 Å². The SMILES string of the molecule is Clc1ccc(-c2cccc(N3CCNCC3)n2)cc1. The van der Waals surface area contributed by atoms with Crippen LogP contribution in [-0.4, -0.2) is 31.2 Å². The van der Waals surface area contributed by atoms with Crippen LogP contribution in [0.15, 0.2) is 42.5 Å². The lowest BCUT2D eigenvalue weighted by atomic mass is 10.1. The Bertz CT molecular complexity index is 548. The summed E-state index contributed by atoms with van der Waals surface area (Å²) in [5, 5.41) is 4.10. The summed E-state index contributed by atoms with van der Waals surface area (Å²) in [6.45, 7) is 4.06. The normalized spacial score (nSPS) is 15.5. The molecule has 1 aromatic carbocycles. The Kier molecular flexibility index (Phi) is 3.67. The molecule has 0 bridgehead atoms. The van der Waals surface area contributed by atoms with Gasteiger partial charge < -0.3 is 10.2 Å². The van der Waals surface area contributed by atoms with Gasteiger partial charge in [0.1, 0.15) is 5.82 Å². The number of hydrogen-bond acceptors (Lipinski definition) is 3. The van der Waals surface area contributed by atoms with Crippen molar-refractivity contribution < 1.29 is 0 Å². The summed E-state index contributed by atoms with van der Waals surface area (Å²) in [4.78, 5) is 7.07. The van der Waals surface area contributed by atoms with Crippen LogP contribution in [0.5, 0.6) is 0 Å². The van der Waals surface area contributed by atoms with E-state index in [0.717, 1.165) is 48.3 Å². The summed E-state index contributed by atoms with van der Waals surface area (Å²) in [5.74, 6) is 1.05. The van der Waals surface area contributed by atoms with E-state index >= 15 is 0 Å². The van der Waals surface area contributed by atoms with Gasteiger partial charge in [0.15, 0.2) is 0 Å². The first kappa shape index (κ1) is 12.5. The maximum Gasteiger partial charge on any atom is 0.129 e. The maximum absolute atomic E-state index is 5.92. The van der Waals surface area contributed by atoms with Crippen LogP contribution in [-0.2, 0) is 0 Å². The highest BCUT2D eigenvalue weighted by atomic mass is 35.5. The van der Waals surface area contributed by atoms with Crippen LogP contribution in [0.3, 0.4) is 0 Å². The predicted molar refractivity (Wildman–Crippen MR) is 79.8 cm³/mol. The number of benzene rings is 1. The summed E-state index contributed by atoms with van der Waals surface area (Å²) in [7, 11) is 0. The van der Waals surface area contributed by atoms with Crippen LogP contribution >= 0.6 is 11.6 Å². The highest BCUT2D eigenvalue weighted by molar-refractivity contribution is 6.30. The molecular formula is C15H16ClN3. The molecule has 3 nitrogen and oxygen atoms in total. The molecule has 4 heteroatoms. The molecule has 2 aromatic rings. The second-order valence-corrected chi connectivity index (χ2v) is 5.06. The quantitative estimate of drug-likeness (QED) is 0.912. The lowest BCUT2D eigenvalue weighted by Gasteiger charge is -2.28. The first-order chi connectivity index (χ1) is 9.33. The fourth-order valence-electron chi connectivity index (χ4n) is 2.27. The molecule has 1 aliphatic heterocycles. The Labute approximate surface area is 118 Å². The van der Waals surface area contributed by atoms with E-state index in [-0.39, 0.29) is 0 Å². The second kappa shape index (κ2) is 5.59. The Balaban J connectivity index is 1.88. The Morgan fingerprint density at radius 3 is 2.47 bits per heavy atom. The van der Waals surface area contributed by atoms with Crippen LogP contribution in [0.1, 0.15) is 0 Å². The highest BCUT2D eigenvalue weighted by Crippen LogP contribution is 2.22. The molecule has 1 fully saturated rings. The second-order valence-electron chi connectivity index (χ2n) is 4.62. The van der Waals surface area contributed by atoms with Gasteiger partial charge in [0.05, 0.1) is 5.69 Å². The van der Waals surface area contributed by atoms with E-state index < -0.39 is 0 Å². The molecular weight excluding hydrogens is 258 g/mol. The third-order valence-electron chi connectivity index (χ3n) is 3.32. The zero-order chi connectivity index (χ0) is 13.1. The van der Waals surface area contributed by atoms with Gasteiger partial charge in [0, 0.05) is 36.8 Å². The van der Waals surface area contributed by atoms with Crippen molar-refractivity contribution in [3.63, 3.8) is 0 Å². The van der Waals surface area contributed by atoms with Gasteiger partial charge in [-0.1, -0.05) is 29.8 Å². The van der Waals surface area contributed by atoms with E-state index in [9.17, 15) is 0 Å². The van der Waals surface area contributed by atoms with E-state index in [0.29, 0.717) is 0 Å². The van der Waals surface area contributed by atoms with Gasteiger partial charge in [-0.05, 0) is 24.3 Å². The van der Waals surface area contributed by atoms with E-state index in [1.807, 2.05) is 30.3 Å². The molecule has 19 heavy (non-hydrogen) atoms. The van der Waals surface area contributed by atoms with Crippen molar-refractivity contribution in [1.29, 1.82) is 0 Å². The molecule has 0 unspecified atom stereocenters. The Morgan fingerprint density at radius 2 is 1.74 bits per heavy atom. The van der Waals surface area contributed by atoms with Crippen molar-refractivity contribution in [3.8, 4) is 11.3 Å². The molecule has 0 saturated carbocycles. The summed E-state index contributed by atoms with van der Waals surface area (Å²) >= 11 is 5.92. The third-order valence-corrected chi connectivity index (χ3v) is 3.57. The molecule has 0 atom stereocenters. The van der Waals surface area contributed by atoms with Crippen molar-refractivity contribution in [3.05, 3.63) is 47.5 Å². The Hall–Kier alpha value is -1.58. The van der Waals surface area contributed by atoms with Crippen molar-refractivity contribution >= 4 is 17.4 Å². The largest absolute Gasteiger partial charge is 0.354 e. The molecule has 98 valence electrons. The fraction of sp³-hybridized carbons (Fsp3) is 0.267. The molecule has 0 aliphatic carbocycles. The fourth-order valence-corrected chi connectivity index (χ4v) is 2.40. The number of hydrogen-bond donors (Lipinski definition) is 1. The van der Waals surface area contributed by atoms with E-state index in [2.05, 4.69) is 22.3 Å². The van der Waals surface area contributed by atoms with Crippen molar-refractivity contribution in [2.24, 2.45) is 0 Å². The number of nitrogens with one attached hydrogen (secondary N) is 1. The smallest absolute Gasteiger partial charge is 0.129 e. The van der Waals surface area contributed by atoms with Gasteiger partial charge >= 0.3 is 0 Å². The van der Waals surface area contributed by atoms with Crippen LogP contribution in [0.2, 0.25) is 5.02 Å². The molecule has 0 spiro atoms. The van der Waals surface area contributed by atoms with E-state index in [4.69, 9.17) is 16.6 Å². The molecule has 3 rings (SSSR count). The van der Waals surface area contributed by atoms with E-state index in [1.165, 1.54) is 0 Å². The zero-order valence-electron chi connectivity index (χ0n) is 10.6. The molecule has 1 saturated heterocycles. The number of piperazine rings is 1. The number of rotatable bonds is 2. The highest BCUT2D eigenvalue weighted by Gasteiger charge is 2.12. The van der Waals surface area contributed by atoms with Crippen molar-refractivity contribution in [1.82, 2.24) is 10.3 Å². The zero-order valence-corrected chi connectivity index (χ0v) is 11.4. The summed E-state index contributed by atoms with van der Waals surface area (Å²) < 4.78 is 0. The monoisotopic (exact) mass is 273 g/mol. The minimum absolute atomic E-state index is 0.752. The van der Waals surface area contributed by atoms with Gasteiger partial charge in [-0.3, -0.25) is 0 Å². The number of aromatic nitrogens is 1. The summed E-state index contributed by atoms with van der Waals surface area (Å²) in [6, 6.07) is 14.0. The van der Waals surface area contributed by atoms with Crippen LogP contribution in [0, 0.1) is 0 Å². The van der Waals surface area contributed by atoms with Crippen LogP contribution in [0.25, 0.3) is 11.3 Å². The van der Waals surface area contributed by atoms with Gasteiger partial charge in [0.2, 0.25) is 0 Å². The molecule has 2 heterocycles. The lowest BCUT2D eigenvalue weighted by molar-refractivity contribution is 0.585. The standard InChI is InChI=1S/C15H16ClN3/c16-13-6-4-12(5-7-13)14-2-1-3-15(18-14)19-10-8-17-9-11-19/h1-7,17H,8-11H2. The molecule has 1 N–H and O–H groups in total. The predicted octanol–water partition coefficient (Wildman–Crippen LogP) is 2.81. The number of anilines is 1. The van der Waals surface area contributed by atoms with E-state index in [1.54, 1.807) is 0 Å². The van der Waals surface area contributed by atoms with Crippen LogP contribution in [0.4, 0.5) is 5.82 Å². The minimum atomic E-state index is 0.752. The lowest BCUT2D eigenvalue weighted by Crippen LogP contribution is -2.43. The van der Waals surface area contributed by atoms with Gasteiger partial charge in [0.25, 0.3) is 0 Å². The number of pyridine rings is 1. The Morgan fingerprint density at radius 1 is 1.00 bits per heavy atom. The van der Waals surface area contributed by atoms with Gasteiger partial charge in [-0.2, -0.15) is 0 Å². The number of nitrogens with zero attached hydrogens (tertiary/aromatic N) is 2. The molecule has 0 radical (unpaired) electrons. The first-order valence-corrected chi connectivity index (χ1v) is 6.89. The summed E-state index contributed by atoms with van der Waals surface area (Å²) in [5.41, 5.74) is 2.09. The maximum atomic E-state index is 5.92. The average molecular weight is 274 g/mol. The molecule has 1 aliphatic rings. The average Bonchev–Trinajstić information content (AvgIpc) is 2.49. The topological polar surface area (TPSA) is 28.2 Å². The first-order valence-electron chi connectivity index (χ1n) is 6.51. The van der Waals surface area contributed by atoms with Crippen molar-refractivity contribution in [2.45, 2.75) is 0 Å². The summed E-state index contributed by atoms with van der Waals surface area (Å²) in [6.07, 6.45) is 0. The molecule has 0 amide bonds. The van der Waals surface area contributed by atoms with Gasteiger partial charge in [-0.25, -0.2) is 4.98 Å². The molecule has 1 aromatic heterocycles. The third kappa shape index (κ3) is 2.88. The van der Waals surface area contributed by atoms with Crippen molar-refractivity contribution in [2.75, 3.05) is 31.1 Å². The minimum Gasteiger partial charge on any atom is -0.354 e. The number of halogens is 1. The van der Waals surface area contributed by atoms with Crippen LogP contribution < -0.4 is 10.2 Å².